The van der Waals surface area contributed by atoms with Gasteiger partial charge in [-0.3, -0.25) is 0 Å². The van der Waals surface area contributed by atoms with Gasteiger partial charge in [0, 0.05) is 92.3 Å². The predicted octanol–water partition coefficient (Wildman–Crippen LogP) is 8.84. The molecule has 0 unspecified atom stereocenters. The van der Waals surface area contributed by atoms with Gasteiger partial charge in [-0.25, -0.2) is 48.2 Å². The molecule has 12 heteroatoms. The Morgan fingerprint density at radius 1 is 0.294 bits per heavy atom. The first-order valence-electron chi connectivity index (χ1n) is 22.5. The Bertz CT molecular complexity index is 3780. The number of hydrogen-bond acceptors (Lipinski definition) is 6. The van der Waals surface area contributed by atoms with Crippen molar-refractivity contribution in [2.75, 3.05) is 0 Å². The molecule has 0 fully saturated rings. The number of nitrogens with one attached hydrogen (secondary N) is 2. The molecule has 12 nitrogen and oxygen atoms in total. The zero-order chi connectivity index (χ0) is 45.6. The molecule has 8 bridgehead atoms. The highest BCUT2D eigenvalue weighted by Crippen LogP contribution is 2.44. The summed E-state index contributed by atoms with van der Waals surface area (Å²) in [6.07, 6.45) is 16.5. The maximum atomic E-state index is 5.49. The SMILES string of the molecule is C[n+]1ccc(-c2cccc3c2-c2nc-3nc3[nH]c(nc4nc(nc5[nH]c(n2)c2cccc(-c6cc[n+](C)cc6)c52)-c2cccc(-c5cc[n+](C)cc5)c2-4)c2cccc(-c4cc[n+](C)cc4)c32)cc1. The second-order valence-corrected chi connectivity index (χ2v) is 17.5. The summed E-state index contributed by atoms with van der Waals surface area (Å²) in [6, 6.07) is 42.2. The van der Waals surface area contributed by atoms with Crippen molar-refractivity contribution in [3.05, 3.63) is 171 Å². The lowest BCUT2D eigenvalue weighted by atomic mass is 9.96. The third-order valence-electron chi connectivity index (χ3n) is 13.1. The average molecular weight is 883 g/mol. The topological polar surface area (TPSA) is 124 Å². The summed E-state index contributed by atoms with van der Waals surface area (Å²) >= 11 is 0. The number of aromatic amines is 2. The van der Waals surface area contributed by atoms with Crippen molar-refractivity contribution in [2.24, 2.45) is 28.2 Å². The molecule has 2 aliphatic heterocycles. The molecule has 0 saturated heterocycles. The number of H-pyrrole nitrogens is 2. The van der Waals surface area contributed by atoms with Gasteiger partial charge in [0.1, 0.15) is 50.8 Å². The van der Waals surface area contributed by atoms with Gasteiger partial charge in [-0.1, -0.05) is 72.8 Å². The first kappa shape index (κ1) is 39.2. The predicted molar refractivity (Wildman–Crippen MR) is 263 cm³/mol. The van der Waals surface area contributed by atoms with Gasteiger partial charge in [0.15, 0.2) is 72.9 Å². The van der Waals surface area contributed by atoms with E-state index in [1.807, 2.05) is 46.5 Å². The van der Waals surface area contributed by atoms with E-state index in [1.165, 1.54) is 0 Å². The van der Waals surface area contributed by atoms with Crippen LogP contribution in [0.3, 0.4) is 0 Å². The van der Waals surface area contributed by atoms with Crippen LogP contribution in [0.5, 0.6) is 0 Å². The third kappa shape index (κ3) is 6.37. The number of fused-ring (bicyclic) bond motifs is 20. The zero-order valence-corrected chi connectivity index (χ0v) is 37.6. The monoisotopic (exact) mass is 882 g/mol. The Balaban J connectivity index is 1.21. The fourth-order valence-corrected chi connectivity index (χ4v) is 9.67. The highest BCUT2D eigenvalue weighted by atomic mass is 15.1. The molecule has 0 atom stereocenters. The van der Waals surface area contributed by atoms with Crippen molar-refractivity contribution in [1.29, 1.82) is 0 Å². The van der Waals surface area contributed by atoms with Crippen LogP contribution in [-0.4, -0.2) is 39.9 Å². The minimum Gasteiger partial charge on any atom is -0.324 e. The number of nitrogens with zero attached hydrogens (tertiary/aromatic N) is 10. The Morgan fingerprint density at radius 2 is 0.588 bits per heavy atom. The van der Waals surface area contributed by atoms with Crippen LogP contribution in [0.2, 0.25) is 0 Å². The standard InChI is InChI=1S/C56H41N12/c1-65-25-17-33(18-26-65)37-9-5-13-41-45(37)53-57-49(41)62-54-47-39(35-21-29-67(3)30-22-35)11-7-15-43(47)51(59-54)64-56-48-40(36-23-31-68(4)32-24-36)12-8-16-44(48)52(60-56)63-55-46-38(34-19-27-66(2)28-20-34)10-6-14-42(46)50(58-55)61-53/h5-32H,1-4H3,(H,57,58,59,60,61,62,63,64)/q+3/p+1. The molecule has 0 radical (unpaired) electrons. The van der Waals surface area contributed by atoms with E-state index in [1.54, 1.807) is 0 Å². The van der Waals surface area contributed by atoms with Crippen molar-refractivity contribution in [3.63, 3.8) is 0 Å². The molecule has 0 spiro atoms. The largest absolute Gasteiger partial charge is 0.324 e. The van der Waals surface area contributed by atoms with Crippen LogP contribution in [-0.2, 0) is 28.2 Å². The number of aromatic nitrogens is 12. The second-order valence-electron chi connectivity index (χ2n) is 17.5. The van der Waals surface area contributed by atoms with Crippen molar-refractivity contribution in [2.45, 2.75) is 0 Å². The molecule has 9 heterocycles. The van der Waals surface area contributed by atoms with Crippen LogP contribution >= 0.6 is 0 Å². The van der Waals surface area contributed by atoms with Crippen LogP contribution in [0.15, 0.2) is 171 Å². The first-order chi connectivity index (χ1) is 33.3. The zero-order valence-electron chi connectivity index (χ0n) is 37.6. The van der Waals surface area contributed by atoms with Gasteiger partial charge < -0.3 is 9.97 Å². The molecule has 0 aliphatic carbocycles. The Kier molecular flexibility index (Phi) is 8.77. The Hall–Kier alpha value is -9.16. The smallest absolute Gasteiger partial charge is 0.169 e. The quantitative estimate of drug-likeness (QED) is 0.170. The summed E-state index contributed by atoms with van der Waals surface area (Å²) in [5.41, 5.74) is 14.2. The molecule has 68 heavy (non-hydrogen) atoms. The van der Waals surface area contributed by atoms with Crippen LogP contribution < -0.4 is 18.3 Å². The van der Waals surface area contributed by atoms with E-state index in [2.05, 4.69) is 181 Å². The van der Waals surface area contributed by atoms with Gasteiger partial charge >= 0.3 is 0 Å². The number of hydrogen-bond donors (Lipinski definition) is 2. The molecule has 2 N–H and O–H groups in total. The number of rotatable bonds is 4. The maximum Gasteiger partial charge on any atom is 0.169 e. The molecule has 13 rings (SSSR count). The highest BCUT2D eigenvalue weighted by molar-refractivity contribution is 6.14. The van der Waals surface area contributed by atoms with Gasteiger partial charge in [0.2, 0.25) is 0 Å². The fraction of sp³-hybridized carbons (Fsp3) is 0.0714. The van der Waals surface area contributed by atoms with Gasteiger partial charge in [-0.05, 0) is 44.5 Å². The molecule has 2 aliphatic rings. The van der Waals surface area contributed by atoms with E-state index in [4.69, 9.17) is 29.9 Å². The van der Waals surface area contributed by atoms with Gasteiger partial charge in [-0.2, -0.15) is 0 Å². The van der Waals surface area contributed by atoms with E-state index < -0.39 is 0 Å². The van der Waals surface area contributed by atoms with Crippen molar-refractivity contribution >= 4 is 44.1 Å². The van der Waals surface area contributed by atoms with E-state index in [0.29, 0.717) is 45.9 Å². The molecule has 11 aromatic rings. The van der Waals surface area contributed by atoms with Gasteiger partial charge in [-0.15, -0.1) is 0 Å². The van der Waals surface area contributed by atoms with Crippen molar-refractivity contribution in [1.82, 2.24) is 39.9 Å². The number of aryl methyl sites for hydroxylation is 4. The summed E-state index contributed by atoms with van der Waals surface area (Å²) in [5.74, 6) is 2.15. The number of pyridine rings is 4. The van der Waals surface area contributed by atoms with Crippen molar-refractivity contribution < 1.29 is 18.3 Å². The summed E-state index contributed by atoms with van der Waals surface area (Å²) in [6.45, 7) is 0. The molecule has 7 aromatic heterocycles. The summed E-state index contributed by atoms with van der Waals surface area (Å²) in [4.78, 5) is 40.1. The lowest BCUT2D eigenvalue weighted by molar-refractivity contribution is -0.671. The third-order valence-corrected chi connectivity index (χ3v) is 13.1. The highest BCUT2D eigenvalue weighted by Gasteiger charge is 2.27. The maximum absolute atomic E-state index is 5.49. The van der Waals surface area contributed by atoms with E-state index >= 15 is 0 Å². The van der Waals surface area contributed by atoms with Crippen molar-refractivity contribution in [3.8, 4) is 90.1 Å². The molecule has 322 valence electrons. The molecular weight excluding hydrogens is 841 g/mol. The fourth-order valence-electron chi connectivity index (χ4n) is 9.67. The minimum atomic E-state index is 0.537. The lowest BCUT2D eigenvalue weighted by Crippen LogP contribution is -2.25. The molecule has 4 aromatic carbocycles. The van der Waals surface area contributed by atoms with Crippen LogP contribution in [0, 0.1) is 0 Å². The van der Waals surface area contributed by atoms with Gasteiger partial charge in [0.25, 0.3) is 0 Å². The summed E-state index contributed by atoms with van der Waals surface area (Å²) in [7, 11) is 8.09. The van der Waals surface area contributed by atoms with Crippen LogP contribution in [0.25, 0.3) is 134 Å². The average Bonchev–Trinajstić information content (AvgIpc) is 4.11. The van der Waals surface area contributed by atoms with E-state index in [-0.39, 0.29) is 0 Å². The van der Waals surface area contributed by atoms with E-state index in [0.717, 1.165) is 88.3 Å². The Morgan fingerprint density at radius 3 is 0.956 bits per heavy atom. The Labute approximate surface area is 389 Å². The lowest BCUT2D eigenvalue weighted by Gasteiger charge is -2.07. The normalized spacial score (nSPS) is 11.8. The van der Waals surface area contributed by atoms with Crippen LogP contribution in [0.1, 0.15) is 0 Å². The summed E-state index contributed by atoms with van der Waals surface area (Å²) < 4.78 is 8.13. The molecule has 0 amide bonds. The van der Waals surface area contributed by atoms with Gasteiger partial charge in [0.05, 0.1) is 0 Å². The van der Waals surface area contributed by atoms with E-state index in [9.17, 15) is 0 Å². The van der Waals surface area contributed by atoms with Crippen LogP contribution in [0.4, 0.5) is 0 Å². The second kappa shape index (κ2) is 15.2. The molecular formula is C56H42N12+4. The number of benzene rings is 4. The summed E-state index contributed by atoms with van der Waals surface area (Å²) in [5, 5.41) is 3.64. The first-order valence-corrected chi connectivity index (χ1v) is 22.5. The minimum absolute atomic E-state index is 0.537. The molecule has 0 saturated carbocycles.